The number of hydrogen-bond acceptors (Lipinski definition) is 9. The number of thioether (sulfide) groups is 1. The number of unbranched alkanes of at least 4 members (excludes halogenated alkanes) is 4. The van der Waals surface area contributed by atoms with Crippen molar-refractivity contribution in [2.24, 2.45) is 0 Å². The highest BCUT2D eigenvalue weighted by molar-refractivity contribution is 8.13. The van der Waals surface area contributed by atoms with E-state index in [2.05, 4.69) is 11.4 Å². The van der Waals surface area contributed by atoms with E-state index in [1.165, 1.54) is 12.1 Å². The molecule has 32 heavy (non-hydrogen) atoms. The van der Waals surface area contributed by atoms with Crippen molar-refractivity contribution < 1.29 is 42.9 Å². The molecule has 0 saturated carbocycles. The van der Waals surface area contributed by atoms with Gasteiger partial charge in [-0.1, -0.05) is 56.5 Å². The lowest BCUT2D eigenvalue weighted by Gasteiger charge is -2.15. The van der Waals surface area contributed by atoms with Crippen LogP contribution in [-0.4, -0.2) is 45.7 Å². The van der Waals surface area contributed by atoms with Gasteiger partial charge in [-0.05, 0) is 25.0 Å². The second kappa shape index (κ2) is 15.7. The van der Waals surface area contributed by atoms with Crippen LogP contribution >= 0.6 is 20.0 Å². The van der Waals surface area contributed by atoms with Gasteiger partial charge in [-0.15, -0.1) is 9.42 Å². The molecule has 1 aromatic carbocycles. The van der Waals surface area contributed by atoms with E-state index in [-0.39, 0.29) is 35.2 Å². The minimum atomic E-state index is -3.22. The molecule has 1 aromatic rings. The van der Waals surface area contributed by atoms with Crippen LogP contribution in [0.25, 0.3) is 0 Å². The molecule has 0 radical (unpaired) electrons. The zero-order valence-electron chi connectivity index (χ0n) is 18.3. The van der Waals surface area contributed by atoms with E-state index in [9.17, 15) is 24.1 Å². The fourth-order valence-electron chi connectivity index (χ4n) is 2.89. The summed E-state index contributed by atoms with van der Waals surface area (Å²) in [6.45, 7) is 3.79. The first-order valence-electron chi connectivity index (χ1n) is 10.5. The van der Waals surface area contributed by atoms with Crippen molar-refractivity contribution >= 4 is 37.3 Å². The third-order valence-corrected chi connectivity index (χ3v) is 5.70. The third kappa shape index (κ3) is 11.0. The van der Waals surface area contributed by atoms with Gasteiger partial charge in [0.1, 0.15) is 11.3 Å². The lowest BCUT2D eigenvalue weighted by Crippen LogP contribution is -2.19. The minimum absolute atomic E-state index is 0.00380. The molecule has 0 aromatic heterocycles. The molecule has 0 aliphatic rings. The normalized spacial score (nSPS) is 12.1. The van der Waals surface area contributed by atoms with Crippen molar-refractivity contribution in [2.75, 3.05) is 12.4 Å². The van der Waals surface area contributed by atoms with Crippen molar-refractivity contribution in [3.8, 4) is 5.75 Å². The molecule has 11 heteroatoms. The van der Waals surface area contributed by atoms with Gasteiger partial charge in [0.25, 0.3) is 0 Å². The summed E-state index contributed by atoms with van der Waals surface area (Å²) in [5.41, 5.74) is 0.230. The standard InChI is InChI=1S/C21H29O9PS/c1-3-5-6-7-8-12-18(23)32-14-16(22)13-15-10-9-11-17(19(15)20(24)28-4-2)29-21(25)30-31(26)27/h9-11,16,22H,3-8,12-14H2,1-2H3/p+1. The zero-order valence-corrected chi connectivity index (χ0v) is 20.0. The Hall–Kier alpha value is -2.00. The average Bonchev–Trinajstić information content (AvgIpc) is 2.71. The van der Waals surface area contributed by atoms with Crippen molar-refractivity contribution in [3.63, 3.8) is 0 Å². The number of aliphatic hydroxyl groups is 1. The van der Waals surface area contributed by atoms with E-state index >= 15 is 0 Å². The summed E-state index contributed by atoms with van der Waals surface area (Å²) in [5, 5.41) is 10.4. The zero-order chi connectivity index (χ0) is 23.9. The predicted molar refractivity (Wildman–Crippen MR) is 120 cm³/mol. The molecule has 1 rings (SSSR count). The van der Waals surface area contributed by atoms with E-state index in [1.807, 2.05) is 0 Å². The van der Waals surface area contributed by atoms with Crippen molar-refractivity contribution in [1.29, 1.82) is 0 Å². The molecule has 2 N–H and O–H groups in total. The van der Waals surface area contributed by atoms with Crippen LogP contribution in [0.2, 0.25) is 0 Å². The molecular formula is C21H30O9PS+. The highest BCUT2D eigenvalue weighted by Gasteiger charge is 2.27. The molecule has 0 aliphatic carbocycles. The van der Waals surface area contributed by atoms with Crippen LogP contribution in [0.3, 0.4) is 0 Å². The number of benzene rings is 1. The first-order valence-corrected chi connectivity index (χ1v) is 12.6. The number of rotatable bonds is 14. The molecule has 2 atom stereocenters. The number of aliphatic hydroxyl groups excluding tert-OH is 1. The molecule has 2 unspecified atom stereocenters. The van der Waals surface area contributed by atoms with Crippen molar-refractivity contribution in [3.05, 3.63) is 29.3 Å². The van der Waals surface area contributed by atoms with E-state index in [0.717, 1.165) is 43.9 Å². The van der Waals surface area contributed by atoms with Gasteiger partial charge in [-0.3, -0.25) is 4.79 Å². The smallest absolute Gasteiger partial charge is 0.462 e. The van der Waals surface area contributed by atoms with E-state index in [4.69, 9.17) is 14.4 Å². The minimum Gasteiger partial charge on any atom is -0.462 e. The van der Waals surface area contributed by atoms with E-state index < -0.39 is 26.5 Å². The molecule has 9 nitrogen and oxygen atoms in total. The first-order chi connectivity index (χ1) is 15.3. The molecule has 178 valence electrons. The Morgan fingerprint density at radius 1 is 1.12 bits per heavy atom. The average molecular weight is 490 g/mol. The van der Waals surface area contributed by atoms with Crippen LogP contribution in [0.15, 0.2) is 18.2 Å². The van der Waals surface area contributed by atoms with Crippen LogP contribution in [0.4, 0.5) is 4.79 Å². The topological polar surface area (TPSA) is 136 Å². The highest BCUT2D eigenvalue weighted by Crippen LogP contribution is 2.27. The van der Waals surface area contributed by atoms with E-state index in [1.54, 1.807) is 13.0 Å². The number of esters is 1. The fourth-order valence-corrected chi connectivity index (χ4v) is 3.84. The summed E-state index contributed by atoms with van der Waals surface area (Å²) in [6.07, 6.45) is 3.28. The van der Waals surface area contributed by atoms with Crippen molar-refractivity contribution in [2.45, 2.75) is 64.9 Å². The Balaban J connectivity index is 2.78. The van der Waals surface area contributed by atoms with Gasteiger partial charge in [-0.25, -0.2) is 4.79 Å². The summed E-state index contributed by atoms with van der Waals surface area (Å²) < 4.78 is 24.6. The van der Waals surface area contributed by atoms with Crippen LogP contribution in [-0.2, 0) is 25.0 Å². The Labute approximate surface area is 192 Å². The number of carbonyl (C=O) groups is 3. The first kappa shape index (κ1) is 28.0. The summed E-state index contributed by atoms with van der Waals surface area (Å²) >= 11 is 1.04. The summed E-state index contributed by atoms with van der Waals surface area (Å²) in [5.74, 6) is -0.873. The maximum Gasteiger partial charge on any atom is 0.753 e. The Morgan fingerprint density at radius 3 is 2.50 bits per heavy atom. The fraction of sp³-hybridized carbons (Fsp3) is 0.571. The van der Waals surface area contributed by atoms with Crippen LogP contribution in [0.5, 0.6) is 5.75 Å². The SMILES string of the molecule is CCCCCCCC(=O)SCC(O)Cc1cccc(OC(=O)O[P+](=O)O)c1C(=O)OCC. The molecule has 0 fully saturated rings. The van der Waals surface area contributed by atoms with E-state index in [0.29, 0.717) is 12.0 Å². The second-order valence-corrected chi connectivity index (χ2v) is 8.63. The largest absolute Gasteiger partial charge is 0.753 e. The quantitative estimate of drug-likeness (QED) is 0.166. The second-order valence-electron chi connectivity index (χ2n) is 6.90. The number of hydrogen-bond donors (Lipinski definition) is 2. The Morgan fingerprint density at radius 2 is 1.84 bits per heavy atom. The molecule has 0 bridgehead atoms. The molecule has 0 amide bonds. The molecule has 0 aliphatic heterocycles. The molecular weight excluding hydrogens is 459 g/mol. The Kier molecular flexibility index (Phi) is 13.8. The van der Waals surface area contributed by atoms with Gasteiger partial charge < -0.3 is 14.6 Å². The maximum atomic E-state index is 12.4. The molecule has 0 heterocycles. The van der Waals surface area contributed by atoms with Gasteiger partial charge in [0, 0.05) is 23.2 Å². The van der Waals surface area contributed by atoms with Gasteiger partial charge in [0.05, 0.1) is 12.7 Å². The summed E-state index contributed by atoms with van der Waals surface area (Å²) in [4.78, 5) is 44.7. The molecule has 0 spiro atoms. The van der Waals surface area contributed by atoms with Gasteiger partial charge in [0.2, 0.25) is 0 Å². The van der Waals surface area contributed by atoms with Crippen LogP contribution in [0, 0.1) is 0 Å². The van der Waals surface area contributed by atoms with Crippen LogP contribution in [0.1, 0.15) is 68.3 Å². The Bertz CT molecular complexity index is 785. The lowest BCUT2D eigenvalue weighted by molar-refractivity contribution is -0.111. The predicted octanol–water partition coefficient (Wildman–Crippen LogP) is 4.55. The summed E-state index contributed by atoms with van der Waals surface area (Å²) in [6, 6.07) is 4.34. The monoisotopic (exact) mass is 489 g/mol. The van der Waals surface area contributed by atoms with Crippen molar-refractivity contribution in [1.82, 2.24) is 0 Å². The van der Waals surface area contributed by atoms with Gasteiger partial charge in [0.15, 0.2) is 5.12 Å². The summed E-state index contributed by atoms with van der Waals surface area (Å²) in [7, 11) is -3.22. The van der Waals surface area contributed by atoms with Crippen LogP contribution < -0.4 is 4.74 Å². The highest BCUT2D eigenvalue weighted by atomic mass is 32.2. The maximum absolute atomic E-state index is 12.4. The third-order valence-electron chi connectivity index (χ3n) is 4.31. The molecule has 0 saturated heterocycles. The van der Waals surface area contributed by atoms with Gasteiger partial charge in [-0.2, -0.15) is 4.79 Å². The van der Waals surface area contributed by atoms with Gasteiger partial charge >= 0.3 is 20.4 Å². The number of carbonyl (C=O) groups excluding carboxylic acids is 3. The number of ether oxygens (including phenoxy) is 2. The lowest BCUT2D eigenvalue weighted by atomic mass is 10.0.